The second-order valence-electron chi connectivity index (χ2n) is 22.3. The Morgan fingerprint density at radius 3 is 1.88 bits per heavy atom. The molecule has 10 rings (SSSR count). The fourth-order valence-corrected chi connectivity index (χ4v) is 13.0. The number of amides is 1. The smallest absolute Gasteiger partial charge is 0.338 e. The Morgan fingerprint density at radius 2 is 1.33 bits per heavy atom. The van der Waals surface area contributed by atoms with E-state index < -0.39 is 123 Å². The molecule has 2 saturated carbocycles. The zero-order valence-electron chi connectivity index (χ0n) is 47.1. The van der Waals surface area contributed by atoms with E-state index in [-0.39, 0.29) is 40.2 Å². The lowest BCUT2D eigenvalue weighted by atomic mass is 9.44. The number of esters is 4. The van der Waals surface area contributed by atoms with E-state index in [2.05, 4.69) is 10.5 Å². The van der Waals surface area contributed by atoms with Crippen molar-refractivity contribution in [2.45, 2.75) is 120 Å². The average Bonchev–Trinajstić information content (AvgIpc) is 0.745. The summed E-state index contributed by atoms with van der Waals surface area (Å²) < 4.78 is 58.2. The van der Waals surface area contributed by atoms with E-state index in [4.69, 9.17) is 33.3 Å². The number of hydrogen-bond acceptors (Lipinski definition) is 18. The molecule has 0 unspecified atom stereocenters. The van der Waals surface area contributed by atoms with Crippen LogP contribution in [0.25, 0.3) is 22.4 Å². The third-order valence-corrected chi connectivity index (χ3v) is 17.8. The van der Waals surface area contributed by atoms with Gasteiger partial charge in [0, 0.05) is 43.2 Å². The second kappa shape index (κ2) is 23.5. The van der Waals surface area contributed by atoms with Crippen LogP contribution < -0.4 is 10.5 Å². The third-order valence-electron chi connectivity index (χ3n) is 16.9. The molecule has 2 bridgehead atoms. The van der Waals surface area contributed by atoms with Gasteiger partial charge in [0.15, 0.2) is 23.6 Å². The molecule has 84 heavy (non-hydrogen) atoms. The number of nitrogens with one attached hydrogen (secondary N) is 1. The molecule has 3 fully saturated rings. The monoisotopic (exact) mass is 1170 g/mol. The lowest BCUT2D eigenvalue weighted by molar-refractivity contribution is -0.346. The summed E-state index contributed by atoms with van der Waals surface area (Å²) in [6, 6.07) is 39.0. The highest BCUT2D eigenvalue weighted by molar-refractivity contribution is 7.89. The van der Waals surface area contributed by atoms with Gasteiger partial charge in [-0.15, -0.1) is 0 Å². The van der Waals surface area contributed by atoms with Gasteiger partial charge in [-0.25, -0.2) is 23.1 Å². The number of nitrogens with two attached hydrogens (primary N) is 1. The van der Waals surface area contributed by atoms with Gasteiger partial charge in [0.05, 0.1) is 46.1 Å². The Morgan fingerprint density at radius 1 is 0.762 bits per heavy atom. The van der Waals surface area contributed by atoms with Gasteiger partial charge in [0.1, 0.15) is 35.4 Å². The maximum atomic E-state index is 15.5. The summed E-state index contributed by atoms with van der Waals surface area (Å²) in [5.74, 6) is -6.17. The van der Waals surface area contributed by atoms with Crippen molar-refractivity contribution < 1.29 is 80.7 Å². The highest BCUT2D eigenvalue weighted by Crippen LogP contribution is 2.64. The maximum Gasteiger partial charge on any atom is 0.338 e. The highest BCUT2D eigenvalue weighted by atomic mass is 32.2. The van der Waals surface area contributed by atoms with Crippen LogP contribution in [0.15, 0.2) is 166 Å². The Kier molecular flexibility index (Phi) is 16.9. The molecule has 4 aliphatic rings. The highest BCUT2D eigenvalue weighted by Gasteiger charge is 2.78. The normalized spacial score (nSPS) is 26.5. The van der Waals surface area contributed by atoms with E-state index in [0.717, 1.165) is 36.2 Å². The van der Waals surface area contributed by atoms with Gasteiger partial charge in [-0.05, 0) is 79.4 Å². The summed E-state index contributed by atoms with van der Waals surface area (Å²) in [5.41, 5.74) is -3.70. The molecule has 3 aliphatic carbocycles. The van der Waals surface area contributed by atoms with Crippen molar-refractivity contribution in [3.05, 3.63) is 179 Å². The Hall–Kier alpha value is -8.18. The first-order chi connectivity index (χ1) is 39.7. The lowest BCUT2D eigenvalue weighted by Gasteiger charge is -2.67. The average molecular weight is 1170 g/mol. The number of carbonyl (C=O) groups excluding carboxylic acids is 6. The zero-order valence-corrected chi connectivity index (χ0v) is 47.9. The van der Waals surface area contributed by atoms with Crippen LogP contribution in [-0.4, -0.2) is 119 Å². The van der Waals surface area contributed by atoms with E-state index in [1.54, 1.807) is 105 Å². The molecule has 11 atom stereocenters. The van der Waals surface area contributed by atoms with Crippen molar-refractivity contribution in [2.24, 2.45) is 21.9 Å². The fourth-order valence-electron chi connectivity index (χ4n) is 12.5. The molecule has 440 valence electrons. The molecule has 5 aromatic carbocycles. The molecule has 1 aliphatic heterocycles. The van der Waals surface area contributed by atoms with Crippen molar-refractivity contribution in [2.75, 3.05) is 6.61 Å². The Bertz CT molecular complexity index is 3620. The molecule has 6 aromatic rings. The maximum absolute atomic E-state index is 15.5. The summed E-state index contributed by atoms with van der Waals surface area (Å²) in [6.07, 6.45) is -10.5. The second-order valence-corrected chi connectivity index (χ2v) is 23.8. The molecular formula is C63H65N3O17S. The summed E-state index contributed by atoms with van der Waals surface area (Å²) >= 11 is 0. The van der Waals surface area contributed by atoms with Crippen molar-refractivity contribution in [1.29, 1.82) is 0 Å². The number of nitrogens with zero attached hydrogens (tertiary/aromatic N) is 1. The molecule has 1 aromatic heterocycles. The number of aromatic nitrogens is 1. The van der Waals surface area contributed by atoms with E-state index >= 15 is 4.79 Å². The third kappa shape index (κ3) is 11.1. The van der Waals surface area contributed by atoms with E-state index in [0.29, 0.717) is 11.3 Å². The minimum Gasteiger partial charge on any atom is -0.456 e. The van der Waals surface area contributed by atoms with Crippen molar-refractivity contribution >= 4 is 45.6 Å². The van der Waals surface area contributed by atoms with Crippen LogP contribution in [0.2, 0.25) is 0 Å². The van der Waals surface area contributed by atoms with Gasteiger partial charge in [0.2, 0.25) is 10.0 Å². The summed E-state index contributed by atoms with van der Waals surface area (Å²) in [6.45, 7) is 9.80. The largest absolute Gasteiger partial charge is 0.456 e. The van der Waals surface area contributed by atoms with Crippen molar-refractivity contribution in [3.63, 3.8) is 0 Å². The number of primary sulfonamides is 1. The quantitative estimate of drug-likeness (QED) is 0.0456. The molecule has 20 nitrogen and oxygen atoms in total. The lowest BCUT2D eigenvalue weighted by Crippen LogP contribution is -2.82. The first-order valence-electron chi connectivity index (χ1n) is 27.1. The molecule has 1 amide bonds. The van der Waals surface area contributed by atoms with E-state index in [1.165, 1.54) is 38.1 Å². The topological polar surface area (TPSA) is 307 Å². The van der Waals surface area contributed by atoms with Crippen LogP contribution in [0.4, 0.5) is 0 Å². The van der Waals surface area contributed by atoms with Gasteiger partial charge in [-0.3, -0.25) is 19.2 Å². The van der Waals surface area contributed by atoms with E-state index in [9.17, 15) is 47.7 Å². The predicted molar refractivity (Wildman–Crippen MR) is 301 cm³/mol. The molecule has 0 spiro atoms. The van der Waals surface area contributed by atoms with Gasteiger partial charge < -0.3 is 48.8 Å². The molecule has 21 heteroatoms. The van der Waals surface area contributed by atoms with Gasteiger partial charge in [-0.2, -0.15) is 0 Å². The number of aliphatic hydroxyl groups excluding tert-OH is 2. The number of fused-ring (bicyclic) bond motifs is 5. The standard InChI is InChI=1S/C47H51NO14.C16H14N2O3S/c1-25-31(60-43(56)36(52)35(28-16-10-7-11-17-28)48-41(54)29-18-12-8-13-19-29)23-47(57)40(61-42(55)30-20-14-9-15-21-30)38-45(6,32(51)22-33-46(38,24-58-33)62-27(3)50)39(53)37(59-26(2)49)34(25)44(47,4)5;1-11-15(12-7-9-14(10-8-12)22(17,19)20)16(18-21-11)13-5-3-2-4-6-13/h7-21,31-33,35-38,40,51-52,57H,22-24H2,1-6H3,(H,48,54);2-10H,1H3,(H2,17,19,20)/t31-,32-,33+,35-,36+,37+,38-,40-,45+,46-,47+;/m0./s1. The number of sulfonamides is 1. The van der Waals surface area contributed by atoms with Crippen LogP contribution in [0.3, 0.4) is 0 Å². The number of ether oxygens (including phenoxy) is 5. The number of rotatable bonds is 13. The van der Waals surface area contributed by atoms with Gasteiger partial charge in [-0.1, -0.05) is 128 Å². The number of aryl methyl sites for hydroxylation is 1. The minimum absolute atomic E-state index is 0.00289. The zero-order chi connectivity index (χ0) is 60.7. The molecule has 0 radical (unpaired) electrons. The van der Waals surface area contributed by atoms with Gasteiger partial charge >= 0.3 is 23.9 Å². The first-order valence-corrected chi connectivity index (χ1v) is 28.6. The Balaban J connectivity index is 0.000000320. The summed E-state index contributed by atoms with van der Waals surface area (Å²) in [4.78, 5) is 83.5. The SMILES string of the molecule is CC(=O)O[C@H]1C(=O)[C@@]2(C)[C@H]([C@H](OC(=O)c3ccccc3)[C@]3(O)C[C@H](OC(=O)[C@H](O)[C@@H](NC(=O)c4ccccc4)c4ccccc4)C(C)=C1C3(C)C)[C@]1(OC(C)=O)CO[C@@H]1C[C@@H]2O.Cc1onc(-c2ccccc2)c1-c1ccc(S(N)(=O)=O)cc1. The van der Waals surface area contributed by atoms with Crippen LogP contribution in [0.1, 0.15) is 92.5 Å². The van der Waals surface area contributed by atoms with E-state index in [1.807, 2.05) is 37.3 Å². The van der Waals surface area contributed by atoms with Gasteiger partial charge in [0.25, 0.3) is 5.91 Å². The number of Topliss-reactive ketones (excluding diaryl/α,β-unsaturated/α-hetero) is 1. The Labute approximate surface area is 484 Å². The summed E-state index contributed by atoms with van der Waals surface area (Å²) in [7, 11) is -3.70. The molecule has 2 heterocycles. The van der Waals surface area contributed by atoms with Crippen LogP contribution in [0, 0.1) is 23.7 Å². The van der Waals surface area contributed by atoms with Crippen LogP contribution in [0.5, 0.6) is 0 Å². The van der Waals surface area contributed by atoms with Crippen LogP contribution >= 0.6 is 0 Å². The van der Waals surface area contributed by atoms with Crippen molar-refractivity contribution in [3.8, 4) is 22.4 Å². The first kappa shape index (κ1) is 60.4. The predicted octanol–water partition coefficient (Wildman–Crippen LogP) is 6.70. The molecule has 6 N–H and O–H groups in total. The number of benzene rings is 5. The number of aliphatic hydroxyl groups is 3. The number of ketones is 1. The fraction of sp³-hybridized carbons (Fsp3) is 0.349. The summed E-state index contributed by atoms with van der Waals surface area (Å²) in [5, 5.41) is 49.5. The molecule has 1 saturated heterocycles. The van der Waals surface area contributed by atoms with Crippen LogP contribution in [-0.2, 0) is 52.9 Å². The number of hydrogen-bond donors (Lipinski definition) is 5. The van der Waals surface area contributed by atoms with Crippen molar-refractivity contribution in [1.82, 2.24) is 10.5 Å². The molecular weight excluding hydrogens is 1100 g/mol. The minimum atomic E-state index is -3.70. The number of carbonyl (C=O) groups is 6.